The number of nitrogens with one attached hydrogen (secondary N) is 1. The van der Waals surface area contributed by atoms with Crippen LogP contribution in [0.15, 0.2) is 67.0 Å². The van der Waals surface area contributed by atoms with Crippen LogP contribution < -0.4 is 10.2 Å². The van der Waals surface area contributed by atoms with Gasteiger partial charge in [0.25, 0.3) is 5.91 Å². The summed E-state index contributed by atoms with van der Waals surface area (Å²) in [5.41, 5.74) is 2.41. The third-order valence-corrected chi connectivity index (χ3v) is 4.14. The van der Waals surface area contributed by atoms with E-state index in [9.17, 15) is 4.79 Å². The van der Waals surface area contributed by atoms with Crippen molar-refractivity contribution in [2.24, 2.45) is 0 Å². The first kappa shape index (κ1) is 17.9. The molecule has 0 saturated heterocycles. The second-order valence-electron chi connectivity index (χ2n) is 5.66. The number of benzene rings is 2. The Balaban J connectivity index is 1.66. The van der Waals surface area contributed by atoms with Crippen LogP contribution in [0.4, 0.5) is 11.6 Å². The molecule has 0 aliphatic rings. The largest absolute Gasteiger partial charge is 0.348 e. The van der Waals surface area contributed by atoms with E-state index >= 15 is 0 Å². The first-order valence-corrected chi connectivity index (χ1v) is 8.72. The molecule has 6 heteroatoms. The molecule has 0 aliphatic carbocycles. The molecule has 2 aromatic carbocycles. The topological polar surface area (TPSA) is 58.1 Å². The molecular weight excluding hydrogens is 348 g/mol. The number of halogens is 1. The zero-order valence-corrected chi connectivity index (χ0v) is 15.1. The molecule has 5 nitrogen and oxygen atoms in total. The normalized spacial score (nSPS) is 10.4. The van der Waals surface area contributed by atoms with Gasteiger partial charge in [-0.2, -0.15) is 0 Å². The van der Waals surface area contributed by atoms with E-state index in [4.69, 9.17) is 11.6 Å². The summed E-state index contributed by atoms with van der Waals surface area (Å²) in [5, 5.41) is 3.52. The van der Waals surface area contributed by atoms with Gasteiger partial charge in [-0.3, -0.25) is 4.79 Å². The summed E-state index contributed by atoms with van der Waals surface area (Å²) in [4.78, 5) is 23.0. The van der Waals surface area contributed by atoms with Crippen molar-refractivity contribution in [2.45, 2.75) is 13.5 Å². The predicted octanol–water partition coefficient (Wildman–Crippen LogP) is 4.22. The SMILES string of the molecule is CCN(c1ccccc1)c1ncc(C(=O)NCc2ccc(Cl)cc2)cn1. The molecule has 0 unspecified atom stereocenters. The van der Waals surface area contributed by atoms with Crippen molar-refractivity contribution in [3.63, 3.8) is 0 Å². The minimum atomic E-state index is -0.214. The van der Waals surface area contributed by atoms with Crippen LogP contribution in [0.2, 0.25) is 5.02 Å². The molecular formula is C20H19ClN4O. The van der Waals surface area contributed by atoms with Crippen molar-refractivity contribution in [2.75, 3.05) is 11.4 Å². The fraction of sp³-hybridized carbons (Fsp3) is 0.150. The van der Waals surface area contributed by atoms with E-state index in [1.54, 1.807) is 24.5 Å². The third kappa shape index (κ3) is 4.37. The van der Waals surface area contributed by atoms with Crippen LogP contribution in [0.5, 0.6) is 0 Å². The Labute approximate surface area is 157 Å². The second-order valence-corrected chi connectivity index (χ2v) is 6.10. The molecule has 0 saturated carbocycles. The Morgan fingerprint density at radius 2 is 1.69 bits per heavy atom. The lowest BCUT2D eigenvalue weighted by atomic mass is 10.2. The molecule has 3 aromatic rings. The number of carbonyl (C=O) groups excluding carboxylic acids is 1. The summed E-state index contributed by atoms with van der Waals surface area (Å²) in [6.45, 7) is 3.18. The number of amides is 1. The molecule has 0 spiro atoms. The molecule has 26 heavy (non-hydrogen) atoms. The number of anilines is 2. The molecule has 0 radical (unpaired) electrons. The van der Waals surface area contributed by atoms with Crippen molar-refractivity contribution in [3.05, 3.63) is 83.1 Å². The number of carbonyl (C=O) groups is 1. The quantitative estimate of drug-likeness (QED) is 0.709. The monoisotopic (exact) mass is 366 g/mol. The van der Waals surface area contributed by atoms with E-state index in [1.807, 2.05) is 54.3 Å². The van der Waals surface area contributed by atoms with Gasteiger partial charge in [0.05, 0.1) is 5.56 Å². The molecule has 1 heterocycles. The lowest BCUT2D eigenvalue weighted by molar-refractivity contribution is 0.0950. The molecule has 1 amide bonds. The lowest BCUT2D eigenvalue weighted by Gasteiger charge is -2.20. The van der Waals surface area contributed by atoms with Gasteiger partial charge in [-0.1, -0.05) is 41.9 Å². The highest BCUT2D eigenvalue weighted by atomic mass is 35.5. The van der Waals surface area contributed by atoms with Gasteiger partial charge < -0.3 is 10.2 Å². The van der Waals surface area contributed by atoms with Gasteiger partial charge in [0.15, 0.2) is 0 Å². The zero-order valence-electron chi connectivity index (χ0n) is 14.4. The van der Waals surface area contributed by atoms with Gasteiger partial charge >= 0.3 is 0 Å². The van der Waals surface area contributed by atoms with Crippen LogP contribution >= 0.6 is 11.6 Å². The Morgan fingerprint density at radius 3 is 2.31 bits per heavy atom. The van der Waals surface area contributed by atoms with Crippen molar-refractivity contribution in [1.82, 2.24) is 15.3 Å². The standard InChI is InChI=1S/C20H19ClN4O/c1-2-25(18-6-4-3-5-7-18)20-23-13-16(14-24-20)19(26)22-12-15-8-10-17(21)11-9-15/h3-11,13-14H,2,12H2,1H3,(H,22,26). The molecule has 0 atom stereocenters. The van der Waals surface area contributed by atoms with Crippen molar-refractivity contribution >= 4 is 29.1 Å². The molecule has 1 N–H and O–H groups in total. The summed E-state index contributed by atoms with van der Waals surface area (Å²) in [5.74, 6) is 0.349. The summed E-state index contributed by atoms with van der Waals surface area (Å²) < 4.78 is 0. The molecule has 3 rings (SSSR count). The predicted molar refractivity (Wildman–Crippen MR) is 104 cm³/mol. The van der Waals surface area contributed by atoms with Crippen LogP contribution in [-0.4, -0.2) is 22.4 Å². The number of nitrogens with zero attached hydrogens (tertiary/aromatic N) is 3. The maximum absolute atomic E-state index is 12.3. The van der Waals surface area contributed by atoms with Crippen LogP contribution in [0.1, 0.15) is 22.8 Å². The Bertz CT molecular complexity index is 851. The third-order valence-electron chi connectivity index (χ3n) is 3.89. The van der Waals surface area contributed by atoms with Gasteiger partial charge in [-0.15, -0.1) is 0 Å². The van der Waals surface area contributed by atoms with E-state index in [1.165, 1.54) is 0 Å². The zero-order chi connectivity index (χ0) is 18.4. The fourth-order valence-corrected chi connectivity index (χ4v) is 2.64. The first-order chi connectivity index (χ1) is 12.7. The van der Waals surface area contributed by atoms with Crippen LogP contribution in [0.3, 0.4) is 0 Å². The minimum absolute atomic E-state index is 0.214. The molecule has 132 valence electrons. The number of rotatable bonds is 6. The van der Waals surface area contributed by atoms with Crippen LogP contribution in [-0.2, 0) is 6.54 Å². The smallest absolute Gasteiger partial charge is 0.254 e. The van der Waals surface area contributed by atoms with E-state index in [0.717, 1.165) is 17.8 Å². The van der Waals surface area contributed by atoms with Gasteiger partial charge in [0.2, 0.25) is 5.95 Å². The van der Waals surface area contributed by atoms with Crippen molar-refractivity contribution in [3.8, 4) is 0 Å². The number of para-hydroxylation sites is 1. The van der Waals surface area contributed by atoms with Gasteiger partial charge in [0.1, 0.15) is 0 Å². The number of aromatic nitrogens is 2. The Morgan fingerprint density at radius 1 is 1.04 bits per heavy atom. The Hall–Kier alpha value is -2.92. The molecule has 1 aromatic heterocycles. The fourth-order valence-electron chi connectivity index (χ4n) is 2.51. The highest BCUT2D eigenvalue weighted by Gasteiger charge is 2.12. The lowest BCUT2D eigenvalue weighted by Crippen LogP contribution is -2.24. The maximum atomic E-state index is 12.3. The van der Waals surface area contributed by atoms with E-state index in [0.29, 0.717) is 23.1 Å². The average molecular weight is 367 g/mol. The summed E-state index contributed by atoms with van der Waals surface area (Å²) in [7, 11) is 0. The van der Waals surface area contributed by atoms with Crippen molar-refractivity contribution in [1.29, 1.82) is 0 Å². The summed E-state index contributed by atoms with van der Waals surface area (Å²) >= 11 is 5.86. The number of hydrogen-bond acceptors (Lipinski definition) is 4. The average Bonchev–Trinajstić information content (AvgIpc) is 2.69. The van der Waals surface area contributed by atoms with Crippen LogP contribution in [0.25, 0.3) is 0 Å². The van der Waals surface area contributed by atoms with E-state index in [2.05, 4.69) is 15.3 Å². The number of hydrogen-bond donors (Lipinski definition) is 1. The molecule has 0 bridgehead atoms. The first-order valence-electron chi connectivity index (χ1n) is 8.34. The second kappa shape index (κ2) is 8.45. The van der Waals surface area contributed by atoms with Gasteiger partial charge in [-0.25, -0.2) is 9.97 Å². The van der Waals surface area contributed by atoms with Gasteiger partial charge in [0, 0.05) is 36.2 Å². The Kier molecular flexibility index (Phi) is 5.81. The summed E-state index contributed by atoms with van der Waals surface area (Å²) in [6, 6.07) is 17.2. The summed E-state index contributed by atoms with van der Waals surface area (Å²) in [6.07, 6.45) is 3.09. The van der Waals surface area contributed by atoms with Crippen molar-refractivity contribution < 1.29 is 4.79 Å². The molecule has 0 aliphatic heterocycles. The van der Waals surface area contributed by atoms with Gasteiger partial charge in [-0.05, 0) is 36.8 Å². The molecule has 0 fully saturated rings. The van der Waals surface area contributed by atoms with Crippen LogP contribution in [0, 0.1) is 0 Å². The maximum Gasteiger partial charge on any atom is 0.254 e. The van der Waals surface area contributed by atoms with E-state index in [-0.39, 0.29) is 5.91 Å². The van der Waals surface area contributed by atoms with E-state index < -0.39 is 0 Å². The highest BCUT2D eigenvalue weighted by molar-refractivity contribution is 6.30. The highest BCUT2D eigenvalue weighted by Crippen LogP contribution is 2.20. The minimum Gasteiger partial charge on any atom is -0.348 e.